The van der Waals surface area contributed by atoms with Gasteiger partial charge in [0.25, 0.3) is 0 Å². The molecule has 0 amide bonds. The second kappa shape index (κ2) is 11.7. The minimum atomic E-state index is -3.88. The Morgan fingerprint density at radius 3 is 1.22 bits per heavy atom. The summed E-state index contributed by atoms with van der Waals surface area (Å²) in [4.78, 5) is 22.9. The zero-order valence-corrected chi connectivity index (χ0v) is 26.5. The van der Waals surface area contributed by atoms with E-state index in [4.69, 9.17) is 0 Å². The zero-order valence-electron chi connectivity index (χ0n) is 24.8. The van der Waals surface area contributed by atoms with Crippen molar-refractivity contribution in [2.75, 3.05) is 5.32 Å². The summed E-state index contributed by atoms with van der Waals surface area (Å²) in [7, 11) is -7.76. The van der Waals surface area contributed by atoms with Gasteiger partial charge in [-0.1, -0.05) is 114 Å². The molecule has 0 aromatic heterocycles. The standard InChI is InChI=1S/C34H41NO4P2/c1-33(2,3)27-17-19-29(31(21-27)40(36,37)23-25-13-9-7-10-14-25)35-30-20-18-28(34(4,5)6)22-32(30)41(38,39)24-26-15-11-8-12-16-26/h7-22,35H,23-24H2,1-6H3,(H,36,37)(H,38,39). The summed E-state index contributed by atoms with van der Waals surface area (Å²) in [5, 5.41) is 3.92. The fraction of sp³-hybridized carbons (Fsp3) is 0.294. The van der Waals surface area contributed by atoms with Crippen molar-refractivity contribution in [2.24, 2.45) is 0 Å². The minimum absolute atomic E-state index is 0.0154. The van der Waals surface area contributed by atoms with E-state index < -0.39 is 14.7 Å². The summed E-state index contributed by atoms with van der Waals surface area (Å²) in [5.74, 6) is 0. The van der Waals surface area contributed by atoms with Crippen molar-refractivity contribution in [1.29, 1.82) is 0 Å². The Hall–Kier alpha value is -2.94. The van der Waals surface area contributed by atoms with E-state index >= 15 is 0 Å². The molecule has 0 aliphatic carbocycles. The Kier molecular flexibility index (Phi) is 8.88. The van der Waals surface area contributed by atoms with E-state index in [1.54, 1.807) is 12.1 Å². The largest absolute Gasteiger partial charge is 0.354 e. The van der Waals surface area contributed by atoms with Crippen LogP contribution in [-0.2, 0) is 32.3 Å². The summed E-state index contributed by atoms with van der Waals surface area (Å²) in [6.45, 7) is 12.4. The lowest BCUT2D eigenvalue weighted by Crippen LogP contribution is -2.21. The average Bonchev–Trinajstić information content (AvgIpc) is 2.88. The van der Waals surface area contributed by atoms with Crippen LogP contribution >= 0.6 is 14.7 Å². The van der Waals surface area contributed by atoms with Gasteiger partial charge in [-0.25, -0.2) is 0 Å². The number of benzene rings is 4. The van der Waals surface area contributed by atoms with Crippen LogP contribution in [0.5, 0.6) is 0 Å². The molecule has 2 unspecified atom stereocenters. The van der Waals surface area contributed by atoms with Gasteiger partial charge in [0, 0.05) is 0 Å². The van der Waals surface area contributed by atoms with Gasteiger partial charge in [0.2, 0.25) is 14.7 Å². The minimum Gasteiger partial charge on any atom is -0.354 e. The molecule has 4 aromatic carbocycles. The predicted molar refractivity (Wildman–Crippen MR) is 173 cm³/mol. The lowest BCUT2D eigenvalue weighted by molar-refractivity contribution is 0.487. The molecule has 7 heteroatoms. The van der Waals surface area contributed by atoms with Gasteiger partial charge in [-0.15, -0.1) is 0 Å². The molecule has 41 heavy (non-hydrogen) atoms. The van der Waals surface area contributed by atoms with Crippen molar-refractivity contribution in [3.8, 4) is 0 Å². The molecule has 0 saturated heterocycles. The van der Waals surface area contributed by atoms with Gasteiger partial charge >= 0.3 is 0 Å². The molecule has 4 aromatic rings. The molecule has 0 aliphatic heterocycles. The van der Waals surface area contributed by atoms with Crippen molar-refractivity contribution in [3.05, 3.63) is 119 Å². The van der Waals surface area contributed by atoms with Crippen molar-refractivity contribution in [3.63, 3.8) is 0 Å². The Bertz CT molecular complexity index is 1480. The Morgan fingerprint density at radius 2 is 0.902 bits per heavy atom. The number of hydrogen-bond acceptors (Lipinski definition) is 3. The molecular formula is C34H41NO4P2. The summed E-state index contributed by atoms with van der Waals surface area (Å²) >= 11 is 0. The Balaban J connectivity index is 1.84. The first kappa shape index (κ1) is 31.0. The quantitative estimate of drug-likeness (QED) is 0.180. The molecule has 0 fully saturated rings. The predicted octanol–water partition coefficient (Wildman–Crippen LogP) is 8.22. The molecule has 3 N–H and O–H groups in total. The molecule has 0 heterocycles. The number of anilines is 2. The van der Waals surface area contributed by atoms with E-state index in [1.165, 1.54) is 0 Å². The fourth-order valence-electron chi connectivity index (χ4n) is 4.76. The Labute approximate surface area is 244 Å². The van der Waals surface area contributed by atoms with Crippen LogP contribution in [0.4, 0.5) is 11.4 Å². The van der Waals surface area contributed by atoms with Crippen LogP contribution in [0.15, 0.2) is 97.1 Å². The maximum atomic E-state index is 14.0. The summed E-state index contributed by atoms with van der Waals surface area (Å²) in [5.41, 5.74) is 3.81. The third-order valence-corrected chi connectivity index (χ3v) is 11.1. The second-order valence-electron chi connectivity index (χ2n) is 12.8. The lowest BCUT2D eigenvalue weighted by Gasteiger charge is -2.26. The van der Waals surface area contributed by atoms with Crippen LogP contribution in [0.1, 0.15) is 63.8 Å². The molecule has 0 aliphatic rings. The highest BCUT2D eigenvalue weighted by Crippen LogP contribution is 2.49. The van der Waals surface area contributed by atoms with Crippen molar-refractivity contribution >= 4 is 36.7 Å². The molecule has 0 radical (unpaired) electrons. The monoisotopic (exact) mass is 589 g/mol. The topological polar surface area (TPSA) is 86.6 Å². The van der Waals surface area contributed by atoms with Crippen LogP contribution in [0, 0.1) is 0 Å². The fourth-order valence-corrected chi connectivity index (χ4v) is 8.21. The van der Waals surface area contributed by atoms with Crippen LogP contribution in [0.25, 0.3) is 0 Å². The van der Waals surface area contributed by atoms with E-state index in [-0.39, 0.29) is 23.2 Å². The van der Waals surface area contributed by atoms with Gasteiger partial charge in [0.15, 0.2) is 0 Å². The van der Waals surface area contributed by atoms with E-state index in [9.17, 15) is 18.9 Å². The van der Waals surface area contributed by atoms with Crippen LogP contribution < -0.4 is 15.9 Å². The third kappa shape index (κ3) is 7.67. The van der Waals surface area contributed by atoms with Gasteiger partial charge in [0.05, 0.1) is 34.3 Å². The highest BCUT2D eigenvalue weighted by molar-refractivity contribution is 7.66. The SMILES string of the molecule is CC(C)(C)c1ccc(Nc2ccc(C(C)(C)C)cc2P(=O)(O)Cc2ccccc2)c(P(=O)(O)Cc2ccccc2)c1. The molecule has 0 spiro atoms. The number of nitrogens with one attached hydrogen (secondary N) is 1. The van der Waals surface area contributed by atoms with Crippen molar-refractivity contribution in [2.45, 2.75) is 64.7 Å². The number of hydrogen-bond donors (Lipinski definition) is 3. The highest BCUT2D eigenvalue weighted by Gasteiger charge is 2.31. The molecular weight excluding hydrogens is 548 g/mol. The molecule has 2 atom stereocenters. The first-order chi connectivity index (χ1) is 19.1. The Morgan fingerprint density at radius 1 is 0.561 bits per heavy atom. The second-order valence-corrected chi connectivity index (χ2v) is 17.2. The molecule has 216 valence electrons. The van der Waals surface area contributed by atoms with Gasteiger partial charge in [-0.05, 0) is 57.3 Å². The maximum Gasteiger partial charge on any atom is 0.235 e. The van der Waals surface area contributed by atoms with Gasteiger partial charge in [-0.2, -0.15) is 0 Å². The molecule has 5 nitrogen and oxygen atoms in total. The van der Waals surface area contributed by atoms with E-state index in [0.29, 0.717) is 22.0 Å². The van der Waals surface area contributed by atoms with Crippen molar-refractivity contribution < 1.29 is 18.9 Å². The summed E-state index contributed by atoms with van der Waals surface area (Å²) in [6, 6.07) is 29.7. The van der Waals surface area contributed by atoms with Crippen LogP contribution in [0.3, 0.4) is 0 Å². The normalized spacial score (nSPS) is 15.1. The van der Waals surface area contributed by atoms with E-state index in [2.05, 4.69) is 46.9 Å². The van der Waals surface area contributed by atoms with Crippen LogP contribution in [-0.4, -0.2) is 9.79 Å². The first-order valence-electron chi connectivity index (χ1n) is 13.8. The van der Waals surface area contributed by atoms with Crippen LogP contribution in [0.2, 0.25) is 0 Å². The molecule has 0 saturated carbocycles. The lowest BCUT2D eigenvalue weighted by atomic mass is 9.87. The maximum absolute atomic E-state index is 14.0. The first-order valence-corrected chi connectivity index (χ1v) is 17.5. The van der Waals surface area contributed by atoms with Gasteiger partial charge < -0.3 is 15.1 Å². The van der Waals surface area contributed by atoms with E-state index in [1.807, 2.05) is 84.9 Å². The smallest absolute Gasteiger partial charge is 0.235 e. The third-order valence-electron chi connectivity index (χ3n) is 7.23. The number of rotatable bonds is 8. The van der Waals surface area contributed by atoms with Gasteiger partial charge in [-0.3, -0.25) is 9.13 Å². The molecule has 0 bridgehead atoms. The highest BCUT2D eigenvalue weighted by atomic mass is 31.2. The zero-order chi connectivity index (χ0) is 30.1. The van der Waals surface area contributed by atoms with E-state index in [0.717, 1.165) is 22.3 Å². The molecule has 4 rings (SSSR count). The summed E-state index contributed by atoms with van der Waals surface area (Å²) < 4.78 is 28.0. The van der Waals surface area contributed by atoms with Gasteiger partial charge in [0.1, 0.15) is 0 Å². The van der Waals surface area contributed by atoms with Crippen molar-refractivity contribution in [1.82, 2.24) is 0 Å². The summed E-state index contributed by atoms with van der Waals surface area (Å²) in [6.07, 6.45) is -0.0309. The average molecular weight is 590 g/mol.